The average Bonchev–Trinajstić information content (AvgIpc) is 2.72. The summed E-state index contributed by atoms with van der Waals surface area (Å²) in [4.78, 5) is 12.7. The zero-order valence-electron chi connectivity index (χ0n) is 15.6. The van der Waals surface area contributed by atoms with Gasteiger partial charge in [-0.2, -0.15) is 4.31 Å². The highest BCUT2D eigenvalue weighted by atomic mass is 35.5. The topological polar surface area (TPSA) is 66.5 Å². The van der Waals surface area contributed by atoms with E-state index in [9.17, 15) is 13.2 Å². The number of carbonyl (C=O) groups excluding carboxylic acids is 1. The molecule has 0 radical (unpaired) electrons. The van der Waals surface area contributed by atoms with E-state index >= 15 is 0 Å². The first kappa shape index (κ1) is 22.6. The SMILES string of the molecule is O=C(CN(Cc1ccc(Cl)cc1)S(=O)(=O)c1ccccc1)Nc1ccc(Cl)cc1Cl. The molecular weight excluding hydrogens is 467 g/mol. The van der Waals surface area contributed by atoms with Crippen LogP contribution in [0.4, 0.5) is 5.69 Å². The van der Waals surface area contributed by atoms with E-state index < -0.39 is 22.5 Å². The molecule has 0 aromatic heterocycles. The Morgan fingerprint density at radius 2 is 1.50 bits per heavy atom. The minimum Gasteiger partial charge on any atom is -0.324 e. The quantitative estimate of drug-likeness (QED) is 0.484. The van der Waals surface area contributed by atoms with Gasteiger partial charge in [-0.05, 0) is 48.0 Å². The minimum atomic E-state index is -3.93. The van der Waals surface area contributed by atoms with Gasteiger partial charge in [0.2, 0.25) is 15.9 Å². The molecule has 0 bridgehead atoms. The predicted molar refractivity (Wildman–Crippen MR) is 121 cm³/mol. The number of rotatable bonds is 7. The largest absolute Gasteiger partial charge is 0.324 e. The zero-order chi connectivity index (χ0) is 21.7. The number of halogens is 3. The van der Waals surface area contributed by atoms with Gasteiger partial charge in [-0.1, -0.05) is 65.1 Å². The van der Waals surface area contributed by atoms with E-state index in [0.29, 0.717) is 21.3 Å². The van der Waals surface area contributed by atoms with Gasteiger partial charge in [-0.3, -0.25) is 4.79 Å². The zero-order valence-corrected chi connectivity index (χ0v) is 18.6. The number of anilines is 1. The number of nitrogens with zero attached hydrogens (tertiary/aromatic N) is 1. The van der Waals surface area contributed by atoms with Crippen LogP contribution in [0, 0.1) is 0 Å². The molecular formula is C21H17Cl3N2O3S. The number of benzene rings is 3. The van der Waals surface area contributed by atoms with E-state index in [1.165, 1.54) is 18.2 Å². The Kier molecular flexibility index (Phi) is 7.39. The highest BCUT2D eigenvalue weighted by Gasteiger charge is 2.27. The Balaban J connectivity index is 1.86. The second kappa shape index (κ2) is 9.81. The van der Waals surface area contributed by atoms with Crippen LogP contribution in [0.15, 0.2) is 77.7 Å². The van der Waals surface area contributed by atoms with Crippen LogP contribution in [0.1, 0.15) is 5.56 Å². The molecule has 5 nitrogen and oxygen atoms in total. The van der Waals surface area contributed by atoms with Crippen molar-refractivity contribution in [1.82, 2.24) is 4.31 Å². The van der Waals surface area contributed by atoms with E-state index in [0.717, 1.165) is 4.31 Å². The number of amides is 1. The van der Waals surface area contributed by atoms with Crippen molar-refractivity contribution < 1.29 is 13.2 Å². The number of carbonyl (C=O) groups is 1. The fourth-order valence-electron chi connectivity index (χ4n) is 2.70. The van der Waals surface area contributed by atoms with Crippen LogP contribution in [-0.4, -0.2) is 25.2 Å². The fourth-order valence-corrected chi connectivity index (χ4v) is 4.69. The molecule has 0 saturated heterocycles. The summed E-state index contributed by atoms with van der Waals surface area (Å²) in [5.41, 5.74) is 1.03. The number of nitrogens with one attached hydrogen (secondary N) is 1. The minimum absolute atomic E-state index is 0.00380. The molecule has 0 aliphatic heterocycles. The molecule has 156 valence electrons. The Bertz CT molecular complexity index is 1140. The maximum absolute atomic E-state index is 13.2. The van der Waals surface area contributed by atoms with Gasteiger partial charge in [-0.15, -0.1) is 0 Å². The highest BCUT2D eigenvalue weighted by Crippen LogP contribution is 2.26. The van der Waals surface area contributed by atoms with Crippen LogP contribution < -0.4 is 5.32 Å². The fraction of sp³-hybridized carbons (Fsp3) is 0.0952. The van der Waals surface area contributed by atoms with Crippen molar-refractivity contribution in [3.8, 4) is 0 Å². The standard InChI is InChI=1S/C21H17Cl3N2O3S/c22-16-8-6-15(7-9-16)13-26(30(28,29)18-4-2-1-3-5-18)14-21(27)25-20-11-10-17(23)12-19(20)24/h1-12H,13-14H2,(H,25,27). The molecule has 0 aliphatic rings. The molecule has 3 aromatic rings. The van der Waals surface area contributed by atoms with E-state index in [2.05, 4.69) is 5.32 Å². The first-order chi connectivity index (χ1) is 14.3. The van der Waals surface area contributed by atoms with Crippen LogP contribution in [0.3, 0.4) is 0 Å². The maximum Gasteiger partial charge on any atom is 0.243 e. The summed E-state index contributed by atoms with van der Waals surface area (Å²) in [5.74, 6) is -0.535. The molecule has 3 rings (SSSR count). The first-order valence-corrected chi connectivity index (χ1v) is 11.4. The lowest BCUT2D eigenvalue weighted by Crippen LogP contribution is -2.37. The lowest BCUT2D eigenvalue weighted by Gasteiger charge is -2.22. The van der Waals surface area contributed by atoms with Crippen LogP contribution in [-0.2, 0) is 21.4 Å². The molecule has 0 heterocycles. The Labute approximate surface area is 190 Å². The van der Waals surface area contributed by atoms with Gasteiger partial charge < -0.3 is 5.32 Å². The van der Waals surface area contributed by atoms with E-state index in [1.807, 2.05) is 0 Å². The van der Waals surface area contributed by atoms with Crippen LogP contribution >= 0.6 is 34.8 Å². The summed E-state index contributed by atoms with van der Waals surface area (Å²) in [6.07, 6.45) is 0. The third kappa shape index (κ3) is 5.74. The van der Waals surface area contributed by atoms with Crippen molar-refractivity contribution in [3.63, 3.8) is 0 Å². The third-order valence-corrected chi connectivity index (χ3v) is 6.78. The van der Waals surface area contributed by atoms with Gasteiger partial charge >= 0.3 is 0 Å². The van der Waals surface area contributed by atoms with Crippen molar-refractivity contribution in [2.24, 2.45) is 0 Å². The molecule has 0 saturated carbocycles. The molecule has 0 spiro atoms. The van der Waals surface area contributed by atoms with Crippen molar-refractivity contribution in [1.29, 1.82) is 0 Å². The lowest BCUT2D eigenvalue weighted by molar-refractivity contribution is -0.116. The Morgan fingerprint density at radius 3 is 2.13 bits per heavy atom. The van der Waals surface area contributed by atoms with E-state index in [1.54, 1.807) is 54.6 Å². The summed E-state index contributed by atoms with van der Waals surface area (Å²) in [6, 6.07) is 19.3. The molecule has 0 unspecified atom stereocenters. The van der Waals surface area contributed by atoms with Crippen molar-refractivity contribution in [3.05, 3.63) is 93.4 Å². The van der Waals surface area contributed by atoms with Gasteiger partial charge in [0.25, 0.3) is 0 Å². The van der Waals surface area contributed by atoms with Crippen molar-refractivity contribution in [2.75, 3.05) is 11.9 Å². The van der Waals surface area contributed by atoms with Gasteiger partial charge in [0, 0.05) is 16.6 Å². The number of hydrogen-bond donors (Lipinski definition) is 1. The molecule has 1 amide bonds. The van der Waals surface area contributed by atoms with Crippen LogP contribution in [0.25, 0.3) is 0 Å². The van der Waals surface area contributed by atoms with E-state index in [-0.39, 0.29) is 16.5 Å². The second-order valence-corrected chi connectivity index (χ2v) is 9.60. The monoisotopic (exact) mass is 482 g/mol. The van der Waals surface area contributed by atoms with Crippen LogP contribution in [0.2, 0.25) is 15.1 Å². The Hall–Kier alpha value is -2.09. The molecule has 3 aromatic carbocycles. The van der Waals surface area contributed by atoms with Crippen LogP contribution in [0.5, 0.6) is 0 Å². The molecule has 0 atom stereocenters. The van der Waals surface area contributed by atoms with Gasteiger partial charge in [0.15, 0.2) is 0 Å². The second-order valence-electron chi connectivity index (χ2n) is 6.38. The molecule has 9 heteroatoms. The predicted octanol–water partition coefficient (Wildman–Crippen LogP) is 5.48. The van der Waals surface area contributed by atoms with Gasteiger partial charge in [-0.25, -0.2) is 8.42 Å². The molecule has 0 fully saturated rings. The van der Waals surface area contributed by atoms with Gasteiger partial charge in [0.05, 0.1) is 22.2 Å². The first-order valence-electron chi connectivity index (χ1n) is 8.80. The summed E-state index contributed by atoms with van der Waals surface area (Å²) >= 11 is 17.9. The summed E-state index contributed by atoms with van der Waals surface area (Å²) in [5, 5.41) is 3.84. The highest BCUT2D eigenvalue weighted by molar-refractivity contribution is 7.89. The third-order valence-electron chi connectivity index (χ3n) is 4.18. The molecule has 1 N–H and O–H groups in total. The molecule has 0 aliphatic carbocycles. The number of sulfonamides is 1. The Morgan fingerprint density at radius 1 is 0.867 bits per heavy atom. The summed E-state index contributed by atoms with van der Waals surface area (Å²) in [7, 11) is -3.93. The lowest BCUT2D eigenvalue weighted by atomic mass is 10.2. The summed E-state index contributed by atoms with van der Waals surface area (Å²) < 4.78 is 27.5. The van der Waals surface area contributed by atoms with Crippen molar-refractivity contribution in [2.45, 2.75) is 11.4 Å². The molecule has 30 heavy (non-hydrogen) atoms. The maximum atomic E-state index is 13.2. The number of hydrogen-bond acceptors (Lipinski definition) is 3. The summed E-state index contributed by atoms with van der Waals surface area (Å²) in [6.45, 7) is -0.408. The average molecular weight is 484 g/mol. The van der Waals surface area contributed by atoms with Crippen molar-refractivity contribution >= 4 is 56.4 Å². The normalized spacial score (nSPS) is 11.5. The smallest absolute Gasteiger partial charge is 0.243 e. The van der Waals surface area contributed by atoms with Gasteiger partial charge in [0.1, 0.15) is 0 Å². The van der Waals surface area contributed by atoms with E-state index in [4.69, 9.17) is 34.8 Å².